The number of carboxylic acids is 1. The van der Waals surface area contributed by atoms with E-state index in [0.717, 1.165) is 12.8 Å². The van der Waals surface area contributed by atoms with Crippen molar-refractivity contribution in [3.05, 3.63) is 0 Å². The molecule has 2 aliphatic rings. The first-order valence-electron chi connectivity index (χ1n) is 7.45. The van der Waals surface area contributed by atoms with Gasteiger partial charge in [-0.25, -0.2) is 9.59 Å². The highest BCUT2D eigenvalue weighted by molar-refractivity contribution is 5.82. The molecule has 0 bridgehead atoms. The molecule has 6 heteroatoms. The fourth-order valence-electron chi connectivity index (χ4n) is 3.44. The number of likely N-dealkylation sites (tertiary alicyclic amines) is 1. The number of hydrogen-bond donors (Lipinski definition) is 3. The van der Waals surface area contributed by atoms with Crippen LogP contribution in [-0.2, 0) is 4.79 Å². The lowest BCUT2D eigenvalue weighted by molar-refractivity contribution is -0.139. The van der Waals surface area contributed by atoms with Gasteiger partial charge in [-0.05, 0) is 31.1 Å². The van der Waals surface area contributed by atoms with Gasteiger partial charge in [-0.1, -0.05) is 12.8 Å². The molecule has 1 spiro atoms. The smallest absolute Gasteiger partial charge is 0.326 e. The van der Waals surface area contributed by atoms with Crippen LogP contribution in [0.5, 0.6) is 0 Å². The van der Waals surface area contributed by atoms with Crippen LogP contribution >= 0.6 is 0 Å². The van der Waals surface area contributed by atoms with Crippen molar-refractivity contribution in [3.63, 3.8) is 0 Å². The minimum atomic E-state index is -1.10. The summed E-state index contributed by atoms with van der Waals surface area (Å²) in [5.74, 6) is -1.10. The summed E-state index contributed by atoms with van der Waals surface area (Å²) >= 11 is 0. The molecule has 0 aromatic carbocycles. The van der Waals surface area contributed by atoms with Gasteiger partial charge in [-0.15, -0.1) is 0 Å². The Kier molecular flexibility index (Phi) is 4.86. The number of nitrogens with one attached hydrogen (secondary N) is 1. The van der Waals surface area contributed by atoms with Gasteiger partial charge in [0, 0.05) is 26.1 Å². The first-order valence-corrected chi connectivity index (χ1v) is 7.45. The molecule has 2 fully saturated rings. The third kappa shape index (κ3) is 3.42. The van der Waals surface area contributed by atoms with Crippen molar-refractivity contribution in [3.8, 4) is 0 Å². The van der Waals surface area contributed by atoms with Crippen molar-refractivity contribution in [2.24, 2.45) is 5.41 Å². The van der Waals surface area contributed by atoms with E-state index in [4.69, 9.17) is 10.2 Å². The molecule has 0 aromatic heterocycles. The highest BCUT2D eigenvalue weighted by atomic mass is 16.4. The van der Waals surface area contributed by atoms with E-state index < -0.39 is 12.0 Å². The van der Waals surface area contributed by atoms with E-state index in [-0.39, 0.29) is 19.1 Å². The maximum absolute atomic E-state index is 12.1. The highest BCUT2D eigenvalue weighted by Crippen LogP contribution is 2.46. The largest absolute Gasteiger partial charge is 0.480 e. The molecule has 1 aliphatic heterocycles. The Labute approximate surface area is 119 Å². The minimum Gasteiger partial charge on any atom is -0.480 e. The molecule has 1 heterocycles. The van der Waals surface area contributed by atoms with Crippen LogP contribution in [0.1, 0.15) is 44.9 Å². The second-order valence-corrected chi connectivity index (χ2v) is 6.05. The number of aliphatic hydroxyl groups excluding tert-OH is 1. The van der Waals surface area contributed by atoms with Gasteiger partial charge in [-0.2, -0.15) is 0 Å². The molecular formula is C14H24N2O4. The Balaban J connectivity index is 1.83. The highest BCUT2D eigenvalue weighted by Gasteiger charge is 2.38. The standard InChI is InChI=1S/C14H24N2O4/c17-10-3-11(12(18)19)15-13(20)16-8-6-14(7-9-16)4-1-2-5-14/h11,17H,1-10H2,(H,15,20)(H,18,19)/t11-/m0/s1. The molecule has 1 atom stereocenters. The monoisotopic (exact) mass is 284 g/mol. The van der Waals surface area contributed by atoms with Crippen LogP contribution in [0.3, 0.4) is 0 Å². The first-order chi connectivity index (χ1) is 9.56. The van der Waals surface area contributed by atoms with Crippen LogP contribution in [0.4, 0.5) is 4.79 Å². The summed E-state index contributed by atoms with van der Waals surface area (Å²) in [6.07, 6.45) is 7.22. The van der Waals surface area contributed by atoms with Gasteiger partial charge in [0.25, 0.3) is 0 Å². The summed E-state index contributed by atoms with van der Waals surface area (Å²) in [6.45, 7) is 1.16. The molecule has 0 aromatic rings. The van der Waals surface area contributed by atoms with Gasteiger partial charge in [0.2, 0.25) is 0 Å². The van der Waals surface area contributed by atoms with E-state index in [1.165, 1.54) is 25.7 Å². The van der Waals surface area contributed by atoms with E-state index in [9.17, 15) is 9.59 Å². The van der Waals surface area contributed by atoms with Crippen LogP contribution in [0.15, 0.2) is 0 Å². The molecule has 0 radical (unpaired) electrons. The fraction of sp³-hybridized carbons (Fsp3) is 0.857. The molecule has 1 aliphatic carbocycles. The zero-order valence-electron chi connectivity index (χ0n) is 11.8. The molecule has 1 saturated heterocycles. The van der Waals surface area contributed by atoms with Crippen LogP contribution in [0.2, 0.25) is 0 Å². The number of carbonyl (C=O) groups excluding carboxylic acids is 1. The average molecular weight is 284 g/mol. The van der Waals surface area contributed by atoms with Crippen molar-refractivity contribution < 1.29 is 19.8 Å². The normalized spacial score (nSPS) is 22.8. The summed E-state index contributed by atoms with van der Waals surface area (Å²) in [5, 5.41) is 20.3. The number of aliphatic hydroxyl groups is 1. The Hall–Kier alpha value is -1.30. The maximum Gasteiger partial charge on any atom is 0.326 e. The Morgan fingerprint density at radius 2 is 1.75 bits per heavy atom. The van der Waals surface area contributed by atoms with E-state index in [1.807, 2.05) is 0 Å². The van der Waals surface area contributed by atoms with Crippen LogP contribution in [-0.4, -0.2) is 52.9 Å². The minimum absolute atomic E-state index is 0.0405. The fourth-order valence-corrected chi connectivity index (χ4v) is 3.44. The van der Waals surface area contributed by atoms with Gasteiger partial charge in [0.05, 0.1) is 0 Å². The molecule has 6 nitrogen and oxygen atoms in total. The summed E-state index contributed by atoms with van der Waals surface area (Å²) in [5.41, 5.74) is 0.439. The molecular weight excluding hydrogens is 260 g/mol. The second kappa shape index (κ2) is 6.43. The quantitative estimate of drug-likeness (QED) is 0.723. The lowest BCUT2D eigenvalue weighted by Crippen LogP contribution is -2.51. The van der Waals surface area contributed by atoms with Gasteiger partial charge < -0.3 is 20.4 Å². The summed E-state index contributed by atoms with van der Waals surface area (Å²) in [7, 11) is 0. The molecule has 1 saturated carbocycles. The van der Waals surface area contributed by atoms with E-state index in [0.29, 0.717) is 18.5 Å². The first kappa shape index (κ1) is 15.1. The lowest BCUT2D eigenvalue weighted by atomic mass is 9.77. The third-order valence-corrected chi connectivity index (χ3v) is 4.79. The molecule has 0 unspecified atom stereocenters. The Morgan fingerprint density at radius 3 is 2.25 bits per heavy atom. The zero-order valence-corrected chi connectivity index (χ0v) is 11.8. The van der Waals surface area contributed by atoms with Crippen molar-refractivity contribution in [1.29, 1.82) is 0 Å². The van der Waals surface area contributed by atoms with Gasteiger partial charge in [-0.3, -0.25) is 0 Å². The van der Waals surface area contributed by atoms with Gasteiger partial charge in [0.15, 0.2) is 0 Å². The van der Waals surface area contributed by atoms with Crippen LogP contribution < -0.4 is 5.32 Å². The zero-order chi connectivity index (χ0) is 14.6. The van der Waals surface area contributed by atoms with Gasteiger partial charge in [0.1, 0.15) is 6.04 Å². The SMILES string of the molecule is O=C(O)[C@H](CCO)NC(=O)N1CCC2(CCCC2)CC1. The number of rotatable bonds is 4. The topological polar surface area (TPSA) is 89.9 Å². The van der Waals surface area contributed by atoms with Crippen LogP contribution in [0, 0.1) is 5.41 Å². The molecule has 2 rings (SSSR count). The molecule has 114 valence electrons. The molecule has 3 N–H and O–H groups in total. The predicted octanol–water partition coefficient (Wildman–Crippen LogP) is 1.19. The maximum atomic E-state index is 12.1. The van der Waals surface area contributed by atoms with Crippen molar-refractivity contribution in [2.45, 2.75) is 51.0 Å². The summed E-state index contributed by atoms with van der Waals surface area (Å²) < 4.78 is 0. The van der Waals surface area contributed by atoms with E-state index >= 15 is 0 Å². The number of carboxylic acid groups (broad SMARTS) is 1. The number of piperidine rings is 1. The number of nitrogens with zero attached hydrogens (tertiary/aromatic N) is 1. The number of carbonyl (C=O) groups is 2. The number of urea groups is 1. The third-order valence-electron chi connectivity index (χ3n) is 4.79. The van der Waals surface area contributed by atoms with Gasteiger partial charge >= 0.3 is 12.0 Å². The number of hydrogen-bond acceptors (Lipinski definition) is 3. The van der Waals surface area contributed by atoms with Crippen molar-refractivity contribution in [2.75, 3.05) is 19.7 Å². The summed E-state index contributed by atoms with van der Waals surface area (Å²) in [6, 6.07) is -1.33. The molecule has 2 amide bonds. The second-order valence-electron chi connectivity index (χ2n) is 6.05. The van der Waals surface area contributed by atoms with Crippen molar-refractivity contribution in [1.82, 2.24) is 10.2 Å². The number of amides is 2. The Bertz CT molecular complexity index is 356. The predicted molar refractivity (Wildman–Crippen MR) is 73.4 cm³/mol. The van der Waals surface area contributed by atoms with E-state index in [1.54, 1.807) is 4.90 Å². The van der Waals surface area contributed by atoms with E-state index in [2.05, 4.69) is 5.32 Å². The van der Waals surface area contributed by atoms with Crippen LogP contribution in [0.25, 0.3) is 0 Å². The molecule has 20 heavy (non-hydrogen) atoms. The number of aliphatic carboxylic acids is 1. The summed E-state index contributed by atoms with van der Waals surface area (Å²) in [4.78, 5) is 24.7. The average Bonchev–Trinajstić information content (AvgIpc) is 2.87. The van der Waals surface area contributed by atoms with Crippen molar-refractivity contribution >= 4 is 12.0 Å². The Morgan fingerprint density at radius 1 is 1.15 bits per heavy atom. The lowest BCUT2D eigenvalue weighted by Gasteiger charge is -2.39.